The van der Waals surface area contributed by atoms with Crippen molar-refractivity contribution in [2.75, 3.05) is 0 Å². The molecule has 24 heavy (non-hydrogen) atoms. The quantitative estimate of drug-likeness (QED) is 0.556. The van der Waals surface area contributed by atoms with E-state index < -0.39 is 6.10 Å². The van der Waals surface area contributed by atoms with E-state index in [1.54, 1.807) is 6.08 Å². The SMILES string of the molecule is C/C(=C\CC1C(O)C=CC(=O)C1C)CC/C=C(\C)CCCC(C)C. The topological polar surface area (TPSA) is 37.3 Å². The Labute approximate surface area is 148 Å². The van der Waals surface area contributed by atoms with E-state index in [2.05, 4.69) is 39.8 Å². The summed E-state index contributed by atoms with van der Waals surface area (Å²) in [5.41, 5.74) is 2.85. The smallest absolute Gasteiger partial charge is 0.158 e. The molecule has 136 valence electrons. The molecule has 2 nitrogen and oxygen atoms in total. The van der Waals surface area contributed by atoms with Gasteiger partial charge < -0.3 is 5.11 Å². The van der Waals surface area contributed by atoms with Crippen LogP contribution in [-0.4, -0.2) is 17.0 Å². The number of aliphatic hydroxyl groups excluding tert-OH is 1. The minimum absolute atomic E-state index is 0.0192. The van der Waals surface area contributed by atoms with E-state index in [0.717, 1.165) is 25.2 Å². The lowest BCUT2D eigenvalue weighted by atomic mass is 9.79. The Morgan fingerprint density at radius 2 is 1.88 bits per heavy atom. The molecule has 0 aromatic carbocycles. The molecule has 1 aliphatic carbocycles. The second kappa shape index (κ2) is 10.7. The molecule has 1 rings (SSSR count). The first-order valence-electron chi connectivity index (χ1n) is 9.52. The van der Waals surface area contributed by atoms with Gasteiger partial charge in [-0.3, -0.25) is 4.79 Å². The molecule has 0 heterocycles. The van der Waals surface area contributed by atoms with Crippen molar-refractivity contribution in [2.24, 2.45) is 17.8 Å². The molecule has 0 radical (unpaired) electrons. The van der Waals surface area contributed by atoms with E-state index in [-0.39, 0.29) is 17.6 Å². The molecule has 1 aliphatic rings. The number of hydrogen-bond acceptors (Lipinski definition) is 2. The van der Waals surface area contributed by atoms with Gasteiger partial charge in [0.2, 0.25) is 0 Å². The highest BCUT2D eigenvalue weighted by molar-refractivity contribution is 5.92. The zero-order chi connectivity index (χ0) is 18.1. The number of allylic oxidation sites excluding steroid dienone is 5. The first-order chi connectivity index (χ1) is 11.3. The minimum Gasteiger partial charge on any atom is -0.389 e. The molecule has 0 fully saturated rings. The molecule has 3 atom stereocenters. The molecule has 0 saturated heterocycles. The van der Waals surface area contributed by atoms with Gasteiger partial charge in [0.05, 0.1) is 6.10 Å². The number of ketones is 1. The maximum atomic E-state index is 11.7. The lowest BCUT2D eigenvalue weighted by Gasteiger charge is -2.27. The van der Waals surface area contributed by atoms with E-state index in [1.807, 2.05) is 6.92 Å². The fourth-order valence-corrected chi connectivity index (χ4v) is 3.22. The van der Waals surface area contributed by atoms with Gasteiger partial charge in [0.1, 0.15) is 0 Å². The number of aliphatic hydroxyl groups is 1. The predicted octanol–water partition coefficient (Wildman–Crippen LogP) is 5.63. The maximum Gasteiger partial charge on any atom is 0.158 e. The summed E-state index contributed by atoms with van der Waals surface area (Å²) in [4.78, 5) is 11.7. The molecule has 0 aromatic rings. The highest BCUT2D eigenvalue weighted by atomic mass is 16.3. The van der Waals surface area contributed by atoms with E-state index >= 15 is 0 Å². The van der Waals surface area contributed by atoms with Crippen molar-refractivity contribution in [3.05, 3.63) is 35.5 Å². The highest BCUT2D eigenvalue weighted by Gasteiger charge is 2.30. The average Bonchev–Trinajstić information content (AvgIpc) is 2.50. The number of carbonyl (C=O) groups is 1. The van der Waals surface area contributed by atoms with Crippen molar-refractivity contribution in [3.63, 3.8) is 0 Å². The van der Waals surface area contributed by atoms with Crippen molar-refractivity contribution >= 4 is 5.78 Å². The van der Waals surface area contributed by atoms with Gasteiger partial charge in [0, 0.05) is 11.8 Å². The van der Waals surface area contributed by atoms with Gasteiger partial charge >= 0.3 is 0 Å². The molecule has 0 amide bonds. The molecule has 0 aliphatic heterocycles. The van der Waals surface area contributed by atoms with Crippen LogP contribution in [-0.2, 0) is 4.79 Å². The molecule has 3 unspecified atom stereocenters. The lowest BCUT2D eigenvalue weighted by molar-refractivity contribution is -0.121. The molecule has 0 saturated carbocycles. The van der Waals surface area contributed by atoms with E-state index in [9.17, 15) is 9.90 Å². The van der Waals surface area contributed by atoms with Gasteiger partial charge in [-0.15, -0.1) is 0 Å². The number of hydrogen-bond donors (Lipinski definition) is 1. The van der Waals surface area contributed by atoms with Crippen LogP contribution < -0.4 is 0 Å². The summed E-state index contributed by atoms with van der Waals surface area (Å²) in [6.07, 6.45) is 14.0. The Kier molecular flexibility index (Phi) is 9.28. The molecule has 0 aromatic heterocycles. The molecule has 0 bridgehead atoms. The highest BCUT2D eigenvalue weighted by Crippen LogP contribution is 2.27. The predicted molar refractivity (Wildman–Crippen MR) is 103 cm³/mol. The maximum absolute atomic E-state index is 11.7. The third-order valence-electron chi connectivity index (χ3n) is 5.11. The third kappa shape index (κ3) is 7.61. The first-order valence-corrected chi connectivity index (χ1v) is 9.52. The third-order valence-corrected chi connectivity index (χ3v) is 5.11. The Morgan fingerprint density at radius 1 is 1.21 bits per heavy atom. The van der Waals surface area contributed by atoms with Crippen LogP contribution in [0.15, 0.2) is 35.5 Å². The number of rotatable bonds is 9. The summed E-state index contributed by atoms with van der Waals surface area (Å²) in [6.45, 7) is 10.9. The Hall–Kier alpha value is -1.15. The van der Waals surface area contributed by atoms with Gasteiger partial charge in [-0.05, 0) is 57.9 Å². The Morgan fingerprint density at radius 3 is 2.54 bits per heavy atom. The standard InChI is InChI=1S/C22H36O2/c1-16(2)8-6-9-17(3)10-7-11-18(4)12-13-20-19(5)21(23)14-15-22(20)24/h10,12,14-16,19-20,22,24H,6-9,11,13H2,1-5H3/b17-10+,18-12+. The van der Waals surface area contributed by atoms with Crippen LogP contribution in [0.2, 0.25) is 0 Å². The summed E-state index contributed by atoms with van der Waals surface area (Å²) >= 11 is 0. The van der Waals surface area contributed by atoms with Crippen molar-refractivity contribution < 1.29 is 9.90 Å². The van der Waals surface area contributed by atoms with E-state index in [4.69, 9.17) is 0 Å². The monoisotopic (exact) mass is 332 g/mol. The van der Waals surface area contributed by atoms with Gasteiger partial charge in [-0.25, -0.2) is 0 Å². The van der Waals surface area contributed by atoms with Crippen LogP contribution in [0.1, 0.15) is 73.1 Å². The summed E-state index contributed by atoms with van der Waals surface area (Å²) < 4.78 is 0. The Bertz CT molecular complexity index is 482. The second-order valence-electron chi connectivity index (χ2n) is 7.87. The summed E-state index contributed by atoms with van der Waals surface area (Å²) in [5.74, 6) is 0.862. The van der Waals surface area contributed by atoms with Crippen LogP contribution in [0.25, 0.3) is 0 Å². The molecule has 0 spiro atoms. The lowest BCUT2D eigenvalue weighted by Crippen LogP contribution is -2.32. The molecule has 2 heteroatoms. The summed E-state index contributed by atoms with van der Waals surface area (Å²) in [6, 6.07) is 0. The van der Waals surface area contributed by atoms with Crippen LogP contribution in [0, 0.1) is 17.8 Å². The van der Waals surface area contributed by atoms with Crippen molar-refractivity contribution in [1.29, 1.82) is 0 Å². The van der Waals surface area contributed by atoms with Gasteiger partial charge in [0.25, 0.3) is 0 Å². The van der Waals surface area contributed by atoms with E-state index in [0.29, 0.717) is 0 Å². The van der Waals surface area contributed by atoms with Crippen LogP contribution in [0.3, 0.4) is 0 Å². The number of carbonyl (C=O) groups excluding carboxylic acids is 1. The summed E-state index contributed by atoms with van der Waals surface area (Å²) in [7, 11) is 0. The van der Waals surface area contributed by atoms with Gasteiger partial charge in [-0.2, -0.15) is 0 Å². The van der Waals surface area contributed by atoms with Crippen molar-refractivity contribution in [1.82, 2.24) is 0 Å². The minimum atomic E-state index is -0.496. The average molecular weight is 333 g/mol. The zero-order valence-corrected chi connectivity index (χ0v) is 16.2. The second-order valence-corrected chi connectivity index (χ2v) is 7.87. The van der Waals surface area contributed by atoms with Crippen LogP contribution >= 0.6 is 0 Å². The molecular weight excluding hydrogens is 296 g/mol. The van der Waals surface area contributed by atoms with E-state index in [1.165, 1.54) is 36.5 Å². The van der Waals surface area contributed by atoms with Gasteiger partial charge in [0.15, 0.2) is 5.78 Å². The van der Waals surface area contributed by atoms with Crippen molar-refractivity contribution in [2.45, 2.75) is 79.2 Å². The normalized spacial score (nSPS) is 25.6. The van der Waals surface area contributed by atoms with Crippen LogP contribution in [0.5, 0.6) is 0 Å². The van der Waals surface area contributed by atoms with Crippen LogP contribution in [0.4, 0.5) is 0 Å². The first kappa shape index (κ1) is 20.9. The fourth-order valence-electron chi connectivity index (χ4n) is 3.22. The largest absolute Gasteiger partial charge is 0.389 e. The molecule has 1 N–H and O–H groups in total. The summed E-state index contributed by atoms with van der Waals surface area (Å²) in [5, 5.41) is 10.1. The zero-order valence-electron chi connectivity index (χ0n) is 16.2. The Balaban J connectivity index is 2.36. The van der Waals surface area contributed by atoms with Gasteiger partial charge in [-0.1, -0.05) is 56.6 Å². The fraction of sp³-hybridized carbons (Fsp3) is 0.682. The molecular formula is C22H36O2. The van der Waals surface area contributed by atoms with Crippen molar-refractivity contribution in [3.8, 4) is 0 Å².